The van der Waals surface area contributed by atoms with Crippen LogP contribution in [0, 0.1) is 0 Å². The smallest absolute Gasteiger partial charge is 0.0961 e. The second-order valence-corrected chi connectivity index (χ2v) is 4.53. The molecule has 3 nitrogen and oxygen atoms in total. The Hall–Kier alpha value is -1.35. The molecule has 0 radical (unpaired) electrons. The lowest BCUT2D eigenvalue weighted by molar-refractivity contribution is 0.422. The minimum absolute atomic E-state index is 0.567. The van der Waals surface area contributed by atoms with Gasteiger partial charge in [0.05, 0.1) is 23.4 Å². The number of hydrogen-bond acceptors (Lipinski definition) is 2. The Morgan fingerprint density at radius 1 is 1.31 bits per heavy atom. The monoisotopic (exact) mass is 215 g/mol. The van der Waals surface area contributed by atoms with E-state index in [4.69, 9.17) is 0 Å². The van der Waals surface area contributed by atoms with E-state index in [2.05, 4.69) is 40.1 Å². The molecule has 0 bridgehead atoms. The Labute approximate surface area is 95.5 Å². The summed E-state index contributed by atoms with van der Waals surface area (Å²) in [6.45, 7) is 0. The van der Waals surface area contributed by atoms with E-state index in [1.54, 1.807) is 0 Å². The zero-order valence-corrected chi connectivity index (χ0v) is 9.56. The van der Waals surface area contributed by atoms with Crippen molar-refractivity contribution in [3.05, 3.63) is 30.6 Å². The Bertz CT molecular complexity index is 489. The van der Waals surface area contributed by atoms with Crippen LogP contribution in [-0.4, -0.2) is 22.6 Å². The normalized spacial score (nSPS) is 25.3. The number of likely N-dealkylation sites (N-methyl/N-ethyl adjacent to an activating group) is 1. The first-order valence-corrected chi connectivity index (χ1v) is 5.99. The van der Waals surface area contributed by atoms with Gasteiger partial charge in [-0.25, -0.2) is 4.98 Å². The van der Waals surface area contributed by atoms with E-state index in [-0.39, 0.29) is 0 Å². The minimum Gasteiger partial charge on any atom is -0.326 e. The highest BCUT2D eigenvalue weighted by atomic mass is 15.1. The third kappa shape index (κ3) is 1.43. The fraction of sp³-hybridized carbons (Fsp3) is 0.462. The summed E-state index contributed by atoms with van der Waals surface area (Å²) in [6, 6.07) is 9.53. The number of imidazole rings is 1. The Morgan fingerprint density at radius 3 is 3.06 bits per heavy atom. The molecule has 1 aromatic heterocycles. The topological polar surface area (TPSA) is 29.9 Å². The van der Waals surface area contributed by atoms with Gasteiger partial charge in [0.2, 0.25) is 0 Å². The van der Waals surface area contributed by atoms with Gasteiger partial charge >= 0.3 is 0 Å². The Morgan fingerprint density at radius 2 is 2.19 bits per heavy atom. The highest BCUT2D eigenvalue weighted by Crippen LogP contribution is 2.32. The third-order valence-electron chi connectivity index (χ3n) is 3.69. The number of hydrogen-bond donors (Lipinski definition) is 1. The first kappa shape index (κ1) is 9.85. The first-order chi connectivity index (χ1) is 7.90. The first-order valence-electron chi connectivity index (χ1n) is 5.99. The van der Waals surface area contributed by atoms with Crippen molar-refractivity contribution in [3.63, 3.8) is 0 Å². The zero-order valence-electron chi connectivity index (χ0n) is 9.56. The molecule has 1 fully saturated rings. The molecule has 1 N–H and O–H groups in total. The lowest BCUT2D eigenvalue weighted by Crippen LogP contribution is -2.30. The molecule has 1 aliphatic rings. The van der Waals surface area contributed by atoms with Gasteiger partial charge < -0.3 is 9.88 Å². The van der Waals surface area contributed by atoms with Crippen molar-refractivity contribution in [1.29, 1.82) is 0 Å². The van der Waals surface area contributed by atoms with Gasteiger partial charge in [-0.2, -0.15) is 0 Å². The van der Waals surface area contributed by atoms with Gasteiger partial charge in [0, 0.05) is 6.04 Å². The molecule has 1 aromatic carbocycles. The number of benzene rings is 1. The van der Waals surface area contributed by atoms with E-state index >= 15 is 0 Å². The maximum absolute atomic E-state index is 4.47. The van der Waals surface area contributed by atoms with Crippen LogP contribution in [0.15, 0.2) is 30.6 Å². The molecule has 0 spiro atoms. The van der Waals surface area contributed by atoms with Crippen molar-refractivity contribution in [2.24, 2.45) is 0 Å². The molecular formula is C13H17N3. The number of aromatic nitrogens is 2. The molecule has 2 aromatic rings. The summed E-state index contributed by atoms with van der Waals surface area (Å²) in [4.78, 5) is 4.47. The maximum Gasteiger partial charge on any atom is 0.0961 e. The molecule has 0 amide bonds. The predicted octanol–water partition coefficient (Wildman–Crippen LogP) is 2.35. The van der Waals surface area contributed by atoms with Gasteiger partial charge in [0.15, 0.2) is 0 Å². The van der Waals surface area contributed by atoms with E-state index in [0.717, 1.165) is 5.52 Å². The van der Waals surface area contributed by atoms with Crippen molar-refractivity contribution in [2.75, 3.05) is 7.05 Å². The Kier molecular flexibility index (Phi) is 2.40. The molecule has 0 aliphatic heterocycles. The summed E-state index contributed by atoms with van der Waals surface area (Å²) < 4.78 is 2.34. The van der Waals surface area contributed by atoms with Gasteiger partial charge in [0.25, 0.3) is 0 Å². The summed E-state index contributed by atoms with van der Waals surface area (Å²) in [6.07, 6.45) is 5.83. The van der Waals surface area contributed by atoms with Gasteiger partial charge in [0.1, 0.15) is 0 Å². The summed E-state index contributed by atoms with van der Waals surface area (Å²) in [5, 5.41) is 3.42. The van der Waals surface area contributed by atoms with Crippen molar-refractivity contribution >= 4 is 11.0 Å². The van der Waals surface area contributed by atoms with Crippen molar-refractivity contribution < 1.29 is 0 Å². The van der Waals surface area contributed by atoms with Crippen LogP contribution in [0.4, 0.5) is 0 Å². The lowest BCUT2D eigenvalue weighted by Gasteiger charge is -2.21. The zero-order chi connectivity index (χ0) is 11.0. The van der Waals surface area contributed by atoms with Gasteiger partial charge in [-0.15, -0.1) is 0 Å². The number of rotatable bonds is 2. The molecule has 16 heavy (non-hydrogen) atoms. The second-order valence-electron chi connectivity index (χ2n) is 4.53. The fourth-order valence-electron chi connectivity index (χ4n) is 2.85. The molecule has 2 unspecified atom stereocenters. The van der Waals surface area contributed by atoms with E-state index in [1.165, 1.54) is 24.8 Å². The average molecular weight is 215 g/mol. The van der Waals surface area contributed by atoms with Crippen LogP contribution >= 0.6 is 0 Å². The standard InChI is InChI=1S/C13H17N3/c1-14-10-6-4-8-12(10)16-9-15-11-5-2-3-7-13(11)16/h2-3,5,7,9-10,12,14H,4,6,8H2,1H3. The molecule has 1 saturated carbocycles. The van der Waals surface area contributed by atoms with Crippen molar-refractivity contribution in [3.8, 4) is 0 Å². The number of nitrogens with one attached hydrogen (secondary N) is 1. The quantitative estimate of drug-likeness (QED) is 0.833. The summed E-state index contributed by atoms with van der Waals surface area (Å²) >= 11 is 0. The van der Waals surface area contributed by atoms with E-state index in [9.17, 15) is 0 Å². The van der Waals surface area contributed by atoms with Gasteiger partial charge in [-0.3, -0.25) is 0 Å². The summed E-state index contributed by atoms with van der Waals surface area (Å²) in [5.74, 6) is 0. The Balaban J connectivity index is 2.05. The molecule has 1 aliphatic carbocycles. The number of fused-ring (bicyclic) bond motifs is 1. The maximum atomic E-state index is 4.47. The van der Waals surface area contributed by atoms with Crippen LogP contribution in [0.1, 0.15) is 25.3 Å². The molecule has 3 heteroatoms. The molecule has 3 rings (SSSR count). The van der Waals surface area contributed by atoms with Crippen LogP contribution in [0.2, 0.25) is 0 Å². The molecular weight excluding hydrogens is 198 g/mol. The van der Waals surface area contributed by atoms with Crippen molar-refractivity contribution in [1.82, 2.24) is 14.9 Å². The van der Waals surface area contributed by atoms with Crippen LogP contribution in [0.3, 0.4) is 0 Å². The largest absolute Gasteiger partial charge is 0.326 e. The van der Waals surface area contributed by atoms with Crippen LogP contribution in [0.5, 0.6) is 0 Å². The van der Waals surface area contributed by atoms with Crippen LogP contribution < -0.4 is 5.32 Å². The molecule has 84 valence electrons. The predicted molar refractivity (Wildman–Crippen MR) is 65.5 cm³/mol. The minimum atomic E-state index is 0.567. The summed E-state index contributed by atoms with van der Waals surface area (Å²) in [7, 11) is 2.06. The van der Waals surface area contributed by atoms with Gasteiger partial charge in [-0.05, 0) is 38.4 Å². The summed E-state index contributed by atoms with van der Waals surface area (Å²) in [5.41, 5.74) is 2.36. The van der Waals surface area contributed by atoms with E-state index in [1.807, 2.05) is 12.4 Å². The SMILES string of the molecule is CNC1CCCC1n1cnc2ccccc21. The average Bonchev–Trinajstić information content (AvgIpc) is 2.94. The molecule has 0 saturated heterocycles. The number of nitrogens with zero attached hydrogens (tertiary/aromatic N) is 2. The highest BCUT2D eigenvalue weighted by molar-refractivity contribution is 5.75. The van der Waals surface area contributed by atoms with Gasteiger partial charge in [-0.1, -0.05) is 12.1 Å². The van der Waals surface area contributed by atoms with Crippen molar-refractivity contribution in [2.45, 2.75) is 31.3 Å². The fourth-order valence-corrected chi connectivity index (χ4v) is 2.85. The molecule has 2 atom stereocenters. The lowest BCUT2D eigenvalue weighted by atomic mass is 10.1. The van der Waals surface area contributed by atoms with E-state index in [0.29, 0.717) is 12.1 Å². The third-order valence-corrected chi connectivity index (χ3v) is 3.69. The number of para-hydroxylation sites is 2. The van der Waals surface area contributed by atoms with Crippen LogP contribution in [-0.2, 0) is 0 Å². The second kappa shape index (κ2) is 3.91. The van der Waals surface area contributed by atoms with Crippen LogP contribution in [0.25, 0.3) is 11.0 Å². The highest BCUT2D eigenvalue weighted by Gasteiger charge is 2.27. The molecule has 1 heterocycles. The van der Waals surface area contributed by atoms with E-state index < -0.39 is 0 Å².